The average Bonchev–Trinajstić information content (AvgIpc) is 3.42. The Balaban J connectivity index is 1.54. The maximum atomic E-state index is 5.53. The Morgan fingerprint density at radius 3 is 2.81 bits per heavy atom. The molecule has 0 spiro atoms. The molecule has 0 unspecified atom stereocenters. The Hall–Kier alpha value is -2.60. The van der Waals surface area contributed by atoms with Gasteiger partial charge in [0.15, 0.2) is 0 Å². The summed E-state index contributed by atoms with van der Waals surface area (Å²) in [5.74, 6) is 2.17. The van der Waals surface area contributed by atoms with Gasteiger partial charge in [-0.1, -0.05) is 19.0 Å². The Morgan fingerprint density at radius 1 is 1.30 bits per heavy atom. The standard InChI is InChI=1S/C21H26N4O2/c1-14(2)20-11-18(24-27-20)19-5-4-10-25(19)13-16-12-22-23-21(16)15-6-8-17(26-3)9-7-15/h6-9,11-12,14,19H,4-5,10,13H2,1-3H3,(H,22,23)/t19-/m1/s1. The molecule has 1 atom stereocenters. The first kappa shape index (κ1) is 17.8. The number of aromatic nitrogens is 3. The number of rotatable bonds is 6. The van der Waals surface area contributed by atoms with Crippen LogP contribution in [0.3, 0.4) is 0 Å². The number of hydrogen-bond acceptors (Lipinski definition) is 5. The molecule has 1 aromatic carbocycles. The zero-order valence-electron chi connectivity index (χ0n) is 16.1. The summed E-state index contributed by atoms with van der Waals surface area (Å²) >= 11 is 0. The highest BCUT2D eigenvalue weighted by molar-refractivity contribution is 5.63. The van der Waals surface area contributed by atoms with E-state index in [-0.39, 0.29) is 0 Å². The zero-order chi connectivity index (χ0) is 18.8. The van der Waals surface area contributed by atoms with Crippen molar-refractivity contribution in [2.45, 2.75) is 45.2 Å². The summed E-state index contributed by atoms with van der Waals surface area (Å²) in [6.45, 7) is 6.15. The minimum Gasteiger partial charge on any atom is -0.497 e. The summed E-state index contributed by atoms with van der Waals surface area (Å²) < 4.78 is 10.8. The van der Waals surface area contributed by atoms with Crippen LogP contribution < -0.4 is 4.74 Å². The first-order valence-corrected chi connectivity index (χ1v) is 9.53. The normalized spacial score (nSPS) is 17.7. The van der Waals surface area contributed by atoms with Gasteiger partial charge in [-0.2, -0.15) is 5.10 Å². The monoisotopic (exact) mass is 366 g/mol. The molecule has 27 heavy (non-hydrogen) atoms. The van der Waals surface area contributed by atoms with Crippen LogP contribution in [0.25, 0.3) is 11.3 Å². The number of aromatic amines is 1. The average molecular weight is 366 g/mol. The summed E-state index contributed by atoms with van der Waals surface area (Å²) in [5, 5.41) is 11.8. The van der Waals surface area contributed by atoms with Crippen molar-refractivity contribution in [3.63, 3.8) is 0 Å². The van der Waals surface area contributed by atoms with Crippen LogP contribution in [0.4, 0.5) is 0 Å². The van der Waals surface area contributed by atoms with Crippen molar-refractivity contribution in [2.75, 3.05) is 13.7 Å². The highest BCUT2D eigenvalue weighted by Gasteiger charge is 2.30. The molecule has 0 aliphatic carbocycles. The number of hydrogen-bond donors (Lipinski definition) is 1. The van der Waals surface area contributed by atoms with Crippen LogP contribution in [0.15, 0.2) is 41.1 Å². The molecule has 6 heteroatoms. The lowest BCUT2D eigenvalue weighted by Gasteiger charge is -2.22. The summed E-state index contributed by atoms with van der Waals surface area (Å²) in [6, 6.07) is 10.5. The molecule has 1 fully saturated rings. The van der Waals surface area contributed by atoms with Crippen molar-refractivity contribution in [3.8, 4) is 17.0 Å². The van der Waals surface area contributed by atoms with Gasteiger partial charge < -0.3 is 9.26 Å². The molecular formula is C21H26N4O2. The van der Waals surface area contributed by atoms with E-state index < -0.39 is 0 Å². The van der Waals surface area contributed by atoms with Gasteiger partial charge in [-0.05, 0) is 43.7 Å². The molecule has 142 valence electrons. The quantitative estimate of drug-likeness (QED) is 0.694. The third kappa shape index (κ3) is 3.62. The van der Waals surface area contributed by atoms with Crippen LogP contribution in [0.1, 0.15) is 55.7 Å². The van der Waals surface area contributed by atoms with Gasteiger partial charge in [0.25, 0.3) is 0 Å². The minimum atomic E-state index is 0.305. The molecule has 4 rings (SSSR count). The molecule has 3 heterocycles. The van der Waals surface area contributed by atoms with Crippen LogP contribution in [-0.4, -0.2) is 33.9 Å². The van der Waals surface area contributed by atoms with E-state index in [9.17, 15) is 0 Å². The molecule has 1 aliphatic rings. The van der Waals surface area contributed by atoms with Gasteiger partial charge in [-0.3, -0.25) is 10.00 Å². The lowest BCUT2D eigenvalue weighted by molar-refractivity contribution is 0.236. The van der Waals surface area contributed by atoms with Crippen LogP contribution in [0.2, 0.25) is 0 Å². The van der Waals surface area contributed by atoms with Crippen LogP contribution in [-0.2, 0) is 6.54 Å². The largest absolute Gasteiger partial charge is 0.497 e. The van der Waals surface area contributed by atoms with Crippen LogP contribution >= 0.6 is 0 Å². The van der Waals surface area contributed by atoms with Crippen LogP contribution in [0, 0.1) is 0 Å². The molecular weight excluding hydrogens is 340 g/mol. The van der Waals surface area contributed by atoms with Gasteiger partial charge in [0.05, 0.1) is 25.0 Å². The van der Waals surface area contributed by atoms with Gasteiger partial charge in [-0.25, -0.2) is 0 Å². The van der Waals surface area contributed by atoms with Crippen molar-refractivity contribution in [1.82, 2.24) is 20.3 Å². The van der Waals surface area contributed by atoms with Crippen molar-refractivity contribution in [2.24, 2.45) is 0 Å². The number of ether oxygens (including phenoxy) is 1. The van der Waals surface area contributed by atoms with E-state index in [1.165, 1.54) is 12.0 Å². The molecule has 6 nitrogen and oxygen atoms in total. The predicted octanol–water partition coefficient (Wildman–Crippen LogP) is 4.53. The number of likely N-dealkylation sites (tertiary alicyclic amines) is 1. The number of H-pyrrole nitrogens is 1. The van der Waals surface area contributed by atoms with E-state index in [4.69, 9.17) is 9.26 Å². The lowest BCUT2D eigenvalue weighted by atomic mass is 10.1. The molecule has 0 radical (unpaired) electrons. The van der Waals surface area contributed by atoms with Crippen LogP contribution in [0.5, 0.6) is 5.75 Å². The Labute approximate surface area is 159 Å². The highest BCUT2D eigenvalue weighted by Crippen LogP contribution is 2.35. The maximum Gasteiger partial charge on any atom is 0.139 e. The summed E-state index contributed by atoms with van der Waals surface area (Å²) in [6.07, 6.45) is 4.21. The molecule has 1 N–H and O–H groups in total. The second-order valence-electron chi connectivity index (χ2n) is 7.44. The molecule has 0 amide bonds. The number of nitrogens with one attached hydrogen (secondary N) is 1. The highest BCUT2D eigenvalue weighted by atomic mass is 16.5. The molecule has 3 aromatic rings. The third-order valence-corrected chi connectivity index (χ3v) is 5.29. The van der Waals surface area contributed by atoms with Gasteiger partial charge >= 0.3 is 0 Å². The van der Waals surface area contributed by atoms with Crippen molar-refractivity contribution in [1.29, 1.82) is 0 Å². The Bertz CT molecular complexity index is 882. The van der Waals surface area contributed by atoms with Crippen molar-refractivity contribution >= 4 is 0 Å². The fourth-order valence-corrected chi connectivity index (χ4v) is 3.74. The van der Waals surface area contributed by atoms with E-state index in [1.54, 1.807) is 7.11 Å². The molecule has 2 aromatic heterocycles. The summed E-state index contributed by atoms with van der Waals surface area (Å²) in [7, 11) is 1.68. The smallest absolute Gasteiger partial charge is 0.139 e. The SMILES string of the molecule is COc1ccc(-c2[nH]ncc2CN2CCC[C@@H]2c2cc(C(C)C)on2)cc1. The first-order valence-electron chi connectivity index (χ1n) is 9.53. The number of benzene rings is 1. The van der Waals surface area contributed by atoms with Crippen molar-refractivity contribution < 1.29 is 9.26 Å². The van der Waals surface area contributed by atoms with Gasteiger partial charge in [-0.15, -0.1) is 0 Å². The second kappa shape index (κ2) is 7.56. The first-order chi connectivity index (χ1) is 13.2. The van der Waals surface area contributed by atoms with E-state index in [1.807, 2.05) is 18.3 Å². The predicted molar refractivity (Wildman–Crippen MR) is 104 cm³/mol. The lowest BCUT2D eigenvalue weighted by Crippen LogP contribution is -2.23. The van der Waals surface area contributed by atoms with E-state index >= 15 is 0 Å². The van der Waals surface area contributed by atoms with Gasteiger partial charge in [0.1, 0.15) is 17.2 Å². The summed E-state index contributed by atoms with van der Waals surface area (Å²) in [5.41, 5.74) is 4.42. The molecule has 0 bridgehead atoms. The van der Waals surface area contributed by atoms with Gasteiger partial charge in [0.2, 0.25) is 0 Å². The second-order valence-corrected chi connectivity index (χ2v) is 7.44. The molecule has 0 saturated carbocycles. The number of methoxy groups -OCH3 is 1. The minimum absolute atomic E-state index is 0.305. The third-order valence-electron chi connectivity index (χ3n) is 5.29. The van der Waals surface area contributed by atoms with E-state index in [0.717, 1.165) is 48.0 Å². The zero-order valence-corrected chi connectivity index (χ0v) is 16.1. The number of nitrogens with zero attached hydrogens (tertiary/aromatic N) is 3. The van der Waals surface area contributed by atoms with E-state index in [0.29, 0.717) is 12.0 Å². The van der Waals surface area contributed by atoms with Gasteiger partial charge in [0, 0.05) is 29.7 Å². The van der Waals surface area contributed by atoms with E-state index in [2.05, 4.69) is 52.3 Å². The fourth-order valence-electron chi connectivity index (χ4n) is 3.74. The molecule has 1 saturated heterocycles. The fraction of sp³-hybridized carbons (Fsp3) is 0.429. The van der Waals surface area contributed by atoms with Crippen molar-refractivity contribution in [3.05, 3.63) is 53.5 Å². The summed E-state index contributed by atoms with van der Waals surface area (Å²) in [4.78, 5) is 2.47. The maximum absolute atomic E-state index is 5.53. The Kier molecular flexibility index (Phi) is 4.99. The molecule has 1 aliphatic heterocycles. The Morgan fingerprint density at radius 2 is 2.11 bits per heavy atom. The topological polar surface area (TPSA) is 67.2 Å².